The van der Waals surface area contributed by atoms with Gasteiger partial charge in [-0.05, 0) is 12.5 Å². The molecule has 1 aromatic heterocycles. The zero-order valence-electron chi connectivity index (χ0n) is 12.2. The fraction of sp³-hybridized carbons (Fsp3) is 0.312. The van der Waals surface area contributed by atoms with Gasteiger partial charge in [0.2, 0.25) is 0 Å². The quantitative estimate of drug-likeness (QED) is 0.789. The molecule has 0 saturated heterocycles. The number of para-hydroxylation sites is 1. The third kappa shape index (κ3) is 3.11. The Labute approximate surface area is 123 Å². The van der Waals surface area contributed by atoms with Gasteiger partial charge < -0.3 is 9.64 Å². The number of nitrogens with zero attached hydrogens (tertiary/aromatic N) is 3. The van der Waals surface area contributed by atoms with E-state index >= 15 is 0 Å². The lowest BCUT2D eigenvalue weighted by atomic mass is 10.1. The topological polar surface area (TPSA) is 66.2 Å². The molecule has 1 heterocycles. The molecule has 5 heteroatoms. The highest BCUT2D eigenvalue weighted by molar-refractivity contribution is 5.95. The van der Waals surface area contributed by atoms with E-state index in [0.29, 0.717) is 12.1 Å². The number of methoxy groups -OCH3 is 1. The van der Waals surface area contributed by atoms with Crippen molar-refractivity contribution in [2.45, 2.75) is 13.3 Å². The van der Waals surface area contributed by atoms with E-state index in [9.17, 15) is 10.1 Å². The van der Waals surface area contributed by atoms with Crippen LogP contribution in [-0.2, 0) is 9.53 Å². The molecule has 1 aromatic carbocycles. The molecule has 0 amide bonds. The largest absolute Gasteiger partial charge is 0.468 e. The van der Waals surface area contributed by atoms with E-state index in [1.807, 2.05) is 36.1 Å². The molecule has 0 aliphatic heterocycles. The van der Waals surface area contributed by atoms with Gasteiger partial charge in [0, 0.05) is 18.1 Å². The van der Waals surface area contributed by atoms with Gasteiger partial charge >= 0.3 is 5.97 Å². The first-order valence-corrected chi connectivity index (χ1v) is 6.80. The van der Waals surface area contributed by atoms with Crippen molar-refractivity contribution in [2.24, 2.45) is 0 Å². The molecule has 0 spiro atoms. The minimum Gasteiger partial charge on any atom is -0.468 e. The Morgan fingerprint density at radius 3 is 2.86 bits per heavy atom. The lowest BCUT2D eigenvalue weighted by molar-refractivity contribution is -0.138. The Morgan fingerprint density at radius 2 is 2.19 bits per heavy atom. The fourth-order valence-electron chi connectivity index (χ4n) is 2.31. The first-order chi connectivity index (χ1) is 10.2. The summed E-state index contributed by atoms with van der Waals surface area (Å²) in [7, 11) is 1.36. The van der Waals surface area contributed by atoms with Gasteiger partial charge in [-0.3, -0.25) is 9.78 Å². The molecule has 0 bridgehead atoms. The Morgan fingerprint density at radius 1 is 1.43 bits per heavy atom. The molecule has 0 atom stereocenters. The van der Waals surface area contributed by atoms with Crippen molar-refractivity contribution in [3.63, 3.8) is 0 Å². The summed E-state index contributed by atoms with van der Waals surface area (Å²) >= 11 is 0. The second kappa shape index (κ2) is 6.71. The number of fused-ring (bicyclic) bond motifs is 1. The highest BCUT2D eigenvalue weighted by atomic mass is 16.5. The van der Waals surface area contributed by atoms with Crippen molar-refractivity contribution in [2.75, 3.05) is 25.1 Å². The second-order valence-corrected chi connectivity index (χ2v) is 4.65. The number of nitriles is 1. The van der Waals surface area contributed by atoms with E-state index in [2.05, 4.69) is 11.1 Å². The number of carbonyl (C=O) groups excluding carboxylic acids is 1. The molecule has 2 rings (SSSR count). The van der Waals surface area contributed by atoms with Crippen LogP contribution in [0.2, 0.25) is 0 Å². The molecule has 5 nitrogen and oxygen atoms in total. The predicted octanol–water partition coefficient (Wildman–Crippen LogP) is 2.50. The van der Waals surface area contributed by atoms with Gasteiger partial charge in [-0.15, -0.1) is 0 Å². The van der Waals surface area contributed by atoms with E-state index in [1.54, 1.807) is 6.20 Å². The standard InChI is InChI=1S/C16H17N3O2/c1-3-8-19(11-15(20)21-2)16-12(9-17)10-18-14-7-5-4-6-13(14)16/h4-7,10H,3,8,11H2,1-2H3. The predicted molar refractivity (Wildman–Crippen MR) is 81.0 cm³/mol. The highest BCUT2D eigenvalue weighted by Gasteiger charge is 2.18. The van der Waals surface area contributed by atoms with Crippen molar-refractivity contribution in [1.82, 2.24) is 4.98 Å². The molecule has 0 aliphatic rings. The van der Waals surface area contributed by atoms with Crippen LogP contribution in [-0.4, -0.2) is 31.2 Å². The molecule has 0 aliphatic carbocycles. The third-order valence-corrected chi connectivity index (χ3v) is 3.22. The first kappa shape index (κ1) is 14.8. The van der Waals surface area contributed by atoms with Gasteiger partial charge in [0.05, 0.1) is 23.9 Å². The zero-order valence-corrected chi connectivity index (χ0v) is 12.2. The van der Waals surface area contributed by atoms with Crippen molar-refractivity contribution >= 4 is 22.6 Å². The molecule has 0 saturated carbocycles. The summed E-state index contributed by atoms with van der Waals surface area (Å²) in [4.78, 5) is 17.8. The van der Waals surface area contributed by atoms with E-state index < -0.39 is 0 Å². The summed E-state index contributed by atoms with van der Waals surface area (Å²) in [6, 6.07) is 9.77. The number of hydrogen-bond acceptors (Lipinski definition) is 5. The fourth-order valence-corrected chi connectivity index (χ4v) is 2.31. The van der Waals surface area contributed by atoms with Gasteiger partial charge in [0.15, 0.2) is 0 Å². The van der Waals surface area contributed by atoms with E-state index in [-0.39, 0.29) is 12.5 Å². The minimum absolute atomic E-state index is 0.118. The highest BCUT2D eigenvalue weighted by Crippen LogP contribution is 2.29. The van der Waals surface area contributed by atoms with Crippen molar-refractivity contribution in [3.8, 4) is 6.07 Å². The van der Waals surface area contributed by atoms with Crippen LogP contribution in [0, 0.1) is 11.3 Å². The van der Waals surface area contributed by atoms with Crippen molar-refractivity contribution in [3.05, 3.63) is 36.0 Å². The molecular formula is C16H17N3O2. The van der Waals surface area contributed by atoms with Crippen LogP contribution in [0.1, 0.15) is 18.9 Å². The Hall–Kier alpha value is -2.61. The monoisotopic (exact) mass is 283 g/mol. The second-order valence-electron chi connectivity index (χ2n) is 4.65. The Balaban J connectivity index is 2.59. The molecule has 108 valence electrons. The maximum Gasteiger partial charge on any atom is 0.325 e. The van der Waals surface area contributed by atoms with Crippen LogP contribution in [0.4, 0.5) is 5.69 Å². The number of pyridine rings is 1. The average Bonchev–Trinajstić information content (AvgIpc) is 2.53. The summed E-state index contributed by atoms with van der Waals surface area (Å²) in [6.45, 7) is 2.81. The van der Waals surface area contributed by atoms with Crippen LogP contribution in [0.15, 0.2) is 30.5 Å². The lowest BCUT2D eigenvalue weighted by Gasteiger charge is -2.25. The van der Waals surface area contributed by atoms with Gasteiger partial charge in [0.1, 0.15) is 12.6 Å². The molecule has 2 aromatic rings. The number of benzene rings is 1. The zero-order chi connectivity index (χ0) is 15.2. The summed E-state index contributed by atoms with van der Waals surface area (Å²) in [5.74, 6) is -0.326. The summed E-state index contributed by atoms with van der Waals surface area (Å²) in [5, 5.41) is 10.2. The van der Waals surface area contributed by atoms with Crippen molar-refractivity contribution in [1.29, 1.82) is 5.26 Å². The van der Waals surface area contributed by atoms with Crippen LogP contribution < -0.4 is 4.90 Å². The van der Waals surface area contributed by atoms with Crippen molar-refractivity contribution < 1.29 is 9.53 Å². The van der Waals surface area contributed by atoms with Gasteiger partial charge in [-0.1, -0.05) is 25.1 Å². The smallest absolute Gasteiger partial charge is 0.325 e. The number of hydrogen-bond donors (Lipinski definition) is 0. The Kier molecular flexibility index (Phi) is 4.72. The van der Waals surface area contributed by atoms with E-state index in [4.69, 9.17) is 4.74 Å². The normalized spacial score (nSPS) is 10.1. The molecule has 0 fully saturated rings. The van der Waals surface area contributed by atoms with Gasteiger partial charge in [-0.25, -0.2) is 0 Å². The molecule has 21 heavy (non-hydrogen) atoms. The number of rotatable bonds is 5. The summed E-state index contributed by atoms with van der Waals surface area (Å²) in [5.41, 5.74) is 2.01. The molecule has 0 N–H and O–H groups in total. The third-order valence-electron chi connectivity index (χ3n) is 3.22. The van der Waals surface area contributed by atoms with E-state index in [1.165, 1.54) is 7.11 Å². The summed E-state index contributed by atoms with van der Waals surface area (Å²) in [6.07, 6.45) is 2.41. The molecule has 0 unspecified atom stereocenters. The van der Waals surface area contributed by atoms with Gasteiger partial charge in [0.25, 0.3) is 0 Å². The SMILES string of the molecule is CCCN(CC(=O)OC)c1c(C#N)cnc2ccccc12. The lowest BCUT2D eigenvalue weighted by Crippen LogP contribution is -2.32. The number of ether oxygens (including phenoxy) is 1. The number of anilines is 1. The average molecular weight is 283 g/mol. The number of esters is 1. The van der Waals surface area contributed by atoms with Gasteiger partial charge in [-0.2, -0.15) is 5.26 Å². The number of carbonyl (C=O) groups is 1. The van der Waals surface area contributed by atoms with Crippen LogP contribution >= 0.6 is 0 Å². The molecule has 0 radical (unpaired) electrons. The minimum atomic E-state index is -0.326. The maximum absolute atomic E-state index is 11.6. The number of aromatic nitrogens is 1. The van der Waals surface area contributed by atoms with Crippen LogP contribution in [0.3, 0.4) is 0 Å². The van der Waals surface area contributed by atoms with Crippen LogP contribution in [0.5, 0.6) is 0 Å². The summed E-state index contributed by atoms with van der Waals surface area (Å²) < 4.78 is 4.75. The first-order valence-electron chi connectivity index (χ1n) is 6.80. The van der Waals surface area contributed by atoms with E-state index in [0.717, 1.165) is 23.0 Å². The maximum atomic E-state index is 11.6. The molecular weight excluding hydrogens is 266 g/mol. The Bertz CT molecular complexity index is 691. The van der Waals surface area contributed by atoms with Crippen LogP contribution in [0.25, 0.3) is 10.9 Å².